The van der Waals surface area contributed by atoms with Gasteiger partial charge in [0.25, 0.3) is 5.91 Å². The first kappa shape index (κ1) is 9.70. The fraction of sp³-hybridized carbons (Fsp3) is 0.444. The van der Waals surface area contributed by atoms with Crippen LogP contribution >= 0.6 is 0 Å². The molecule has 1 saturated heterocycles. The van der Waals surface area contributed by atoms with Gasteiger partial charge in [0.05, 0.1) is 6.20 Å². The number of piperazine rings is 1. The number of amides is 2. The van der Waals surface area contributed by atoms with Gasteiger partial charge in [-0.3, -0.25) is 9.59 Å². The first-order valence-electron chi connectivity index (χ1n) is 4.65. The Morgan fingerprint density at radius 3 is 3.07 bits per heavy atom. The Balaban J connectivity index is 2.14. The Labute approximate surface area is 86.2 Å². The van der Waals surface area contributed by atoms with E-state index in [0.29, 0.717) is 18.7 Å². The zero-order chi connectivity index (χ0) is 10.8. The van der Waals surface area contributed by atoms with Crippen molar-refractivity contribution in [3.05, 3.63) is 17.5 Å². The smallest absolute Gasteiger partial charge is 0.293 e. The Morgan fingerprint density at radius 1 is 1.67 bits per heavy atom. The molecule has 6 heteroatoms. The van der Waals surface area contributed by atoms with E-state index in [2.05, 4.69) is 10.5 Å². The van der Waals surface area contributed by atoms with Crippen LogP contribution in [0.5, 0.6) is 0 Å². The fourth-order valence-corrected chi connectivity index (χ4v) is 1.45. The molecule has 0 aromatic carbocycles. The third-order valence-corrected chi connectivity index (χ3v) is 2.27. The van der Waals surface area contributed by atoms with Gasteiger partial charge in [0, 0.05) is 18.7 Å². The van der Waals surface area contributed by atoms with Crippen LogP contribution in [0.3, 0.4) is 0 Å². The van der Waals surface area contributed by atoms with Crippen molar-refractivity contribution in [2.45, 2.75) is 6.92 Å². The van der Waals surface area contributed by atoms with Crippen LogP contribution in [0.2, 0.25) is 0 Å². The molecule has 1 aromatic rings. The van der Waals surface area contributed by atoms with E-state index in [1.165, 1.54) is 11.1 Å². The summed E-state index contributed by atoms with van der Waals surface area (Å²) in [7, 11) is 0. The SMILES string of the molecule is Cc1cnoc1C(=O)N1CCNC(=O)C1. The van der Waals surface area contributed by atoms with E-state index in [-0.39, 0.29) is 24.1 Å². The Kier molecular flexibility index (Phi) is 2.40. The normalized spacial score (nSPS) is 16.3. The zero-order valence-corrected chi connectivity index (χ0v) is 8.32. The lowest BCUT2D eigenvalue weighted by Crippen LogP contribution is -2.50. The summed E-state index contributed by atoms with van der Waals surface area (Å²) in [5.74, 6) is -0.212. The molecule has 80 valence electrons. The van der Waals surface area contributed by atoms with Crippen molar-refractivity contribution in [2.24, 2.45) is 0 Å². The predicted octanol–water partition coefficient (Wildman–Crippen LogP) is -0.445. The van der Waals surface area contributed by atoms with Gasteiger partial charge in [-0.15, -0.1) is 0 Å². The molecule has 2 amide bonds. The molecule has 1 aliphatic rings. The maximum Gasteiger partial charge on any atom is 0.293 e. The van der Waals surface area contributed by atoms with Crippen LogP contribution in [0.15, 0.2) is 10.7 Å². The van der Waals surface area contributed by atoms with Gasteiger partial charge in [0.1, 0.15) is 6.54 Å². The van der Waals surface area contributed by atoms with Crippen LogP contribution in [-0.2, 0) is 4.79 Å². The number of aryl methyl sites for hydroxylation is 1. The highest BCUT2D eigenvalue weighted by atomic mass is 16.5. The van der Waals surface area contributed by atoms with Gasteiger partial charge in [-0.25, -0.2) is 0 Å². The Hall–Kier alpha value is -1.85. The number of carbonyl (C=O) groups is 2. The number of nitrogens with zero attached hydrogens (tertiary/aromatic N) is 2. The molecule has 0 bridgehead atoms. The molecule has 0 atom stereocenters. The van der Waals surface area contributed by atoms with Crippen molar-refractivity contribution in [3.8, 4) is 0 Å². The van der Waals surface area contributed by atoms with Crippen molar-refractivity contribution in [1.29, 1.82) is 0 Å². The van der Waals surface area contributed by atoms with Crippen molar-refractivity contribution in [3.63, 3.8) is 0 Å². The minimum absolute atomic E-state index is 0.0823. The maximum absolute atomic E-state index is 11.8. The van der Waals surface area contributed by atoms with E-state index in [1.807, 2.05) is 0 Å². The summed E-state index contributed by atoms with van der Waals surface area (Å²) >= 11 is 0. The van der Waals surface area contributed by atoms with E-state index < -0.39 is 0 Å². The summed E-state index contributed by atoms with van der Waals surface area (Å²) in [6.07, 6.45) is 1.48. The first-order chi connectivity index (χ1) is 7.18. The van der Waals surface area contributed by atoms with Crippen molar-refractivity contribution in [1.82, 2.24) is 15.4 Å². The van der Waals surface area contributed by atoms with Gasteiger partial charge in [-0.05, 0) is 6.92 Å². The summed E-state index contributed by atoms with van der Waals surface area (Å²) in [6, 6.07) is 0. The summed E-state index contributed by atoms with van der Waals surface area (Å²) in [5, 5.41) is 6.18. The molecular weight excluding hydrogens is 198 g/mol. The average Bonchev–Trinajstić information content (AvgIpc) is 2.63. The highest BCUT2D eigenvalue weighted by Crippen LogP contribution is 2.10. The van der Waals surface area contributed by atoms with Crippen molar-refractivity contribution in [2.75, 3.05) is 19.6 Å². The molecule has 1 aliphatic heterocycles. The zero-order valence-electron chi connectivity index (χ0n) is 8.32. The number of hydrogen-bond acceptors (Lipinski definition) is 4. The van der Waals surface area contributed by atoms with Crippen LogP contribution in [0.4, 0.5) is 0 Å². The summed E-state index contributed by atoms with van der Waals surface area (Å²) in [4.78, 5) is 24.4. The van der Waals surface area contributed by atoms with Crippen molar-refractivity contribution < 1.29 is 14.1 Å². The van der Waals surface area contributed by atoms with E-state index >= 15 is 0 Å². The van der Waals surface area contributed by atoms with E-state index in [9.17, 15) is 9.59 Å². The molecule has 0 aliphatic carbocycles. The summed E-state index contributed by atoms with van der Waals surface area (Å²) < 4.78 is 4.84. The first-order valence-corrected chi connectivity index (χ1v) is 4.65. The number of aromatic nitrogens is 1. The second kappa shape index (κ2) is 3.72. The molecule has 0 saturated carbocycles. The predicted molar refractivity (Wildman–Crippen MR) is 50.2 cm³/mol. The minimum atomic E-state index is -0.278. The molecule has 1 fully saturated rings. The molecule has 6 nitrogen and oxygen atoms in total. The van der Waals surface area contributed by atoms with Crippen LogP contribution in [-0.4, -0.2) is 41.5 Å². The lowest BCUT2D eigenvalue weighted by Gasteiger charge is -2.25. The second-order valence-corrected chi connectivity index (χ2v) is 3.41. The maximum atomic E-state index is 11.8. The molecule has 2 rings (SSSR count). The lowest BCUT2D eigenvalue weighted by molar-refractivity contribution is -0.123. The van der Waals surface area contributed by atoms with Gasteiger partial charge in [0.15, 0.2) is 0 Å². The van der Waals surface area contributed by atoms with Crippen LogP contribution in [0.25, 0.3) is 0 Å². The highest BCUT2D eigenvalue weighted by Gasteiger charge is 2.25. The molecule has 2 heterocycles. The van der Waals surface area contributed by atoms with Gasteiger partial charge >= 0.3 is 0 Å². The third-order valence-electron chi connectivity index (χ3n) is 2.27. The molecule has 1 aromatic heterocycles. The molecule has 0 spiro atoms. The molecule has 0 radical (unpaired) electrons. The Bertz CT molecular complexity index is 399. The van der Waals surface area contributed by atoms with E-state index in [4.69, 9.17) is 4.52 Å². The van der Waals surface area contributed by atoms with Crippen LogP contribution in [0, 0.1) is 6.92 Å². The van der Waals surface area contributed by atoms with Gasteiger partial charge in [-0.2, -0.15) is 0 Å². The van der Waals surface area contributed by atoms with E-state index in [1.54, 1.807) is 6.92 Å². The molecule has 0 unspecified atom stereocenters. The average molecular weight is 209 g/mol. The quantitative estimate of drug-likeness (QED) is 0.680. The molecular formula is C9H11N3O3. The Morgan fingerprint density at radius 2 is 2.47 bits per heavy atom. The fourth-order valence-electron chi connectivity index (χ4n) is 1.45. The highest BCUT2D eigenvalue weighted by molar-refractivity contribution is 5.95. The number of hydrogen-bond donors (Lipinski definition) is 1. The monoisotopic (exact) mass is 209 g/mol. The van der Waals surface area contributed by atoms with Crippen LogP contribution < -0.4 is 5.32 Å². The topological polar surface area (TPSA) is 75.4 Å². The third kappa shape index (κ3) is 1.83. The standard InChI is InChI=1S/C9H11N3O3/c1-6-4-11-15-8(6)9(14)12-3-2-10-7(13)5-12/h4H,2-3,5H2,1H3,(H,10,13). The van der Waals surface area contributed by atoms with Gasteiger partial charge in [0.2, 0.25) is 11.7 Å². The van der Waals surface area contributed by atoms with Gasteiger partial charge < -0.3 is 14.7 Å². The molecule has 15 heavy (non-hydrogen) atoms. The van der Waals surface area contributed by atoms with E-state index in [0.717, 1.165) is 0 Å². The van der Waals surface area contributed by atoms with Gasteiger partial charge in [-0.1, -0.05) is 5.16 Å². The second-order valence-electron chi connectivity index (χ2n) is 3.41. The number of carbonyl (C=O) groups excluding carboxylic acids is 2. The van der Waals surface area contributed by atoms with Crippen LogP contribution in [0.1, 0.15) is 16.1 Å². The largest absolute Gasteiger partial charge is 0.353 e. The summed E-state index contributed by atoms with van der Waals surface area (Å²) in [5.41, 5.74) is 0.686. The van der Waals surface area contributed by atoms with Crippen molar-refractivity contribution >= 4 is 11.8 Å². The summed E-state index contributed by atoms with van der Waals surface area (Å²) in [6.45, 7) is 2.81. The molecule has 1 N–H and O–H groups in total. The number of rotatable bonds is 1. The number of nitrogens with one attached hydrogen (secondary N) is 1. The minimum Gasteiger partial charge on any atom is -0.353 e. The lowest BCUT2D eigenvalue weighted by atomic mass is 10.2.